The Bertz CT molecular complexity index is 428. The molecule has 5 heteroatoms. The second-order valence-electron chi connectivity index (χ2n) is 4.51. The molecule has 2 rings (SSSR count). The van der Waals surface area contributed by atoms with Crippen LogP contribution in [0.25, 0.3) is 0 Å². The molecular formula is C13H18N2O3. The quantitative estimate of drug-likeness (QED) is 0.710. The van der Waals surface area contributed by atoms with Crippen LogP contribution in [0.4, 0.5) is 11.4 Å². The van der Waals surface area contributed by atoms with E-state index < -0.39 is 5.97 Å². The van der Waals surface area contributed by atoms with Crippen LogP contribution in [0.15, 0.2) is 18.2 Å². The van der Waals surface area contributed by atoms with Gasteiger partial charge in [-0.25, -0.2) is 4.79 Å². The lowest BCUT2D eigenvalue weighted by Crippen LogP contribution is -2.23. The number of para-hydroxylation sites is 1. The third-order valence-corrected chi connectivity index (χ3v) is 3.26. The molecule has 1 aromatic carbocycles. The minimum atomic E-state index is -0.998. The number of ether oxygens (including phenoxy) is 1. The van der Waals surface area contributed by atoms with E-state index in [1.807, 2.05) is 0 Å². The molecule has 4 N–H and O–H groups in total. The summed E-state index contributed by atoms with van der Waals surface area (Å²) in [6.07, 6.45) is 2.07. The first-order valence-electron chi connectivity index (χ1n) is 6.12. The van der Waals surface area contributed by atoms with Gasteiger partial charge >= 0.3 is 5.97 Å². The number of hydrogen-bond acceptors (Lipinski definition) is 4. The average molecular weight is 250 g/mol. The molecule has 18 heavy (non-hydrogen) atoms. The Morgan fingerprint density at radius 2 is 2.17 bits per heavy atom. The number of carbonyl (C=O) groups is 1. The van der Waals surface area contributed by atoms with Crippen molar-refractivity contribution in [3.05, 3.63) is 23.8 Å². The molecule has 0 radical (unpaired) electrons. The Labute approximate surface area is 106 Å². The van der Waals surface area contributed by atoms with E-state index >= 15 is 0 Å². The van der Waals surface area contributed by atoms with Gasteiger partial charge in [0, 0.05) is 19.8 Å². The number of rotatable bonds is 4. The molecule has 0 unspecified atom stereocenters. The lowest BCUT2D eigenvalue weighted by atomic mass is 10.0. The van der Waals surface area contributed by atoms with E-state index in [4.69, 9.17) is 15.6 Å². The van der Waals surface area contributed by atoms with Gasteiger partial charge in [-0.3, -0.25) is 0 Å². The maximum absolute atomic E-state index is 11.0. The minimum Gasteiger partial charge on any atom is -0.478 e. The SMILES string of the molecule is Nc1c(NCC2CCOCC2)cccc1C(=O)O. The molecule has 0 aliphatic carbocycles. The highest BCUT2D eigenvalue weighted by Crippen LogP contribution is 2.24. The summed E-state index contributed by atoms with van der Waals surface area (Å²) in [5, 5.41) is 12.2. The van der Waals surface area contributed by atoms with Crippen LogP contribution in [0.1, 0.15) is 23.2 Å². The number of aromatic carboxylic acids is 1. The van der Waals surface area contributed by atoms with Crippen molar-refractivity contribution in [1.29, 1.82) is 0 Å². The third-order valence-electron chi connectivity index (χ3n) is 3.26. The van der Waals surface area contributed by atoms with E-state index in [2.05, 4.69) is 5.32 Å². The van der Waals surface area contributed by atoms with Crippen molar-refractivity contribution in [2.24, 2.45) is 5.92 Å². The molecule has 0 spiro atoms. The zero-order valence-electron chi connectivity index (χ0n) is 10.2. The van der Waals surface area contributed by atoms with Crippen molar-refractivity contribution in [2.75, 3.05) is 30.8 Å². The molecule has 0 saturated carbocycles. The van der Waals surface area contributed by atoms with Gasteiger partial charge < -0.3 is 20.9 Å². The molecule has 1 fully saturated rings. The number of carboxylic acids is 1. The molecule has 5 nitrogen and oxygen atoms in total. The van der Waals surface area contributed by atoms with Crippen LogP contribution in [-0.2, 0) is 4.74 Å². The highest BCUT2D eigenvalue weighted by atomic mass is 16.5. The molecule has 1 aliphatic heterocycles. The highest BCUT2D eigenvalue weighted by Gasteiger charge is 2.15. The first-order chi connectivity index (χ1) is 8.68. The summed E-state index contributed by atoms with van der Waals surface area (Å²) >= 11 is 0. The zero-order chi connectivity index (χ0) is 13.0. The van der Waals surface area contributed by atoms with E-state index in [1.54, 1.807) is 12.1 Å². The molecule has 1 aromatic rings. The van der Waals surface area contributed by atoms with E-state index in [1.165, 1.54) is 6.07 Å². The summed E-state index contributed by atoms with van der Waals surface area (Å²) in [6, 6.07) is 5.02. The largest absolute Gasteiger partial charge is 0.478 e. The molecule has 0 aromatic heterocycles. The fourth-order valence-corrected chi connectivity index (χ4v) is 2.11. The van der Waals surface area contributed by atoms with Crippen LogP contribution in [-0.4, -0.2) is 30.8 Å². The van der Waals surface area contributed by atoms with Crippen LogP contribution < -0.4 is 11.1 Å². The maximum Gasteiger partial charge on any atom is 0.337 e. The van der Waals surface area contributed by atoms with Crippen molar-refractivity contribution in [3.8, 4) is 0 Å². The Morgan fingerprint density at radius 3 is 2.83 bits per heavy atom. The maximum atomic E-state index is 11.0. The predicted molar refractivity (Wildman–Crippen MR) is 69.8 cm³/mol. The summed E-state index contributed by atoms with van der Waals surface area (Å²) in [5.74, 6) is -0.436. The van der Waals surface area contributed by atoms with Gasteiger partial charge in [0.2, 0.25) is 0 Å². The lowest BCUT2D eigenvalue weighted by Gasteiger charge is -2.23. The second kappa shape index (κ2) is 5.73. The number of nitrogens with one attached hydrogen (secondary N) is 1. The van der Waals surface area contributed by atoms with E-state index in [0.29, 0.717) is 17.3 Å². The summed E-state index contributed by atoms with van der Waals surface area (Å²) in [5.41, 5.74) is 6.98. The number of benzene rings is 1. The Morgan fingerprint density at radius 1 is 1.44 bits per heavy atom. The number of nitrogen functional groups attached to an aromatic ring is 1. The fourth-order valence-electron chi connectivity index (χ4n) is 2.11. The normalized spacial score (nSPS) is 16.4. The average Bonchev–Trinajstić information content (AvgIpc) is 2.38. The van der Waals surface area contributed by atoms with E-state index in [9.17, 15) is 4.79 Å². The van der Waals surface area contributed by atoms with Gasteiger partial charge in [-0.15, -0.1) is 0 Å². The smallest absolute Gasteiger partial charge is 0.337 e. The van der Waals surface area contributed by atoms with Gasteiger partial charge in [0.05, 0.1) is 16.9 Å². The first kappa shape index (κ1) is 12.7. The van der Waals surface area contributed by atoms with Crippen molar-refractivity contribution < 1.29 is 14.6 Å². The summed E-state index contributed by atoms with van der Waals surface area (Å²) in [4.78, 5) is 11.0. The van der Waals surface area contributed by atoms with Crippen molar-refractivity contribution in [1.82, 2.24) is 0 Å². The molecule has 0 atom stereocenters. The predicted octanol–water partition coefficient (Wildman–Crippen LogP) is 1.81. The number of anilines is 2. The fraction of sp³-hybridized carbons (Fsp3) is 0.462. The summed E-state index contributed by atoms with van der Waals surface area (Å²) < 4.78 is 5.30. The lowest BCUT2D eigenvalue weighted by molar-refractivity contribution is 0.0697. The van der Waals surface area contributed by atoms with Crippen molar-refractivity contribution in [2.45, 2.75) is 12.8 Å². The molecule has 1 heterocycles. The summed E-state index contributed by atoms with van der Waals surface area (Å²) in [7, 11) is 0. The second-order valence-corrected chi connectivity index (χ2v) is 4.51. The van der Waals surface area contributed by atoms with Crippen molar-refractivity contribution >= 4 is 17.3 Å². The standard InChI is InChI=1S/C13H18N2O3/c14-12-10(13(16)17)2-1-3-11(12)15-8-9-4-6-18-7-5-9/h1-3,9,15H,4-8,14H2,(H,16,17). The highest BCUT2D eigenvalue weighted by molar-refractivity contribution is 5.97. The molecule has 0 amide bonds. The minimum absolute atomic E-state index is 0.145. The Kier molecular flexibility index (Phi) is 4.04. The van der Waals surface area contributed by atoms with Crippen LogP contribution >= 0.6 is 0 Å². The first-order valence-corrected chi connectivity index (χ1v) is 6.12. The van der Waals surface area contributed by atoms with E-state index in [-0.39, 0.29) is 5.56 Å². The molecular weight excluding hydrogens is 232 g/mol. The van der Waals surface area contributed by atoms with Gasteiger partial charge in [-0.05, 0) is 30.9 Å². The van der Waals surface area contributed by atoms with Crippen LogP contribution in [0.3, 0.4) is 0 Å². The van der Waals surface area contributed by atoms with Gasteiger partial charge in [0.25, 0.3) is 0 Å². The number of nitrogens with two attached hydrogens (primary N) is 1. The summed E-state index contributed by atoms with van der Waals surface area (Å²) in [6.45, 7) is 2.41. The molecule has 0 bridgehead atoms. The van der Waals surface area contributed by atoms with Crippen molar-refractivity contribution in [3.63, 3.8) is 0 Å². The topological polar surface area (TPSA) is 84.6 Å². The molecule has 1 saturated heterocycles. The zero-order valence-corrected chi connectivity index (χ0v) is 10.2. The van der Waals surface area contributed by atoms with Gasteiger partial charge in [0.1, 0.15) is 0 Å². The van der Waals surface area contributed by atoms with Crippen LogP contribution in [0, 0.1) is 5.92 Å². The monoisotopic (exact) mass is 250 g/mol. The molecule has 98 valence electrons. The number of hydrogen-bond donors (Lipinski definition) is 3. The van der Waals surface area contributed by atoms with Crippen LogP contribution in [0.5, 0.6) is 0 Å². The Balaban J connectivity index is 2.00. The van der Waals surface area contributed by atoms with Gasteiger partial charge in [0.15, 0.2) is 0 Å². The third kappa shape index (κ3) is 2.92. The van der Waals surface area contributed by atoms with Gasteiger partial charge in [-0.2, -0.15) is 0 Å². The van der Waals surface area contributed by atoms with Gasteiger partial charge in [-0.1, -0.05) is 6.07 Å². The Hall–Kier alpha value is -1.75. The molecule has 1 aliphatic rings. The van der Waals surface area contributed by atoms with E-state index in [0.717, 1.165) is 32.6 Å². The number of carboxylic acid groups (broad SMARTS) is 1. The van der Waals surface area contributed by atoms with Crippen LogP contribution in [0.2, 0.25) is 0 Å².